The van der Waals surface area contributed by atoms with E-state index in [1.54, 1.807) is 6.33 Å². The largest absolute Gasteiger partial charge is 0.479 e. The molecule has 1 atom stereocenters. The first-order valence-corrected chi connectivity index (χ1v) is 7.31. The molecule has 2 aromatic rings. The second-order valence-corrected chi connectivity index (χ2v) is 5.93. The molecule has 0 fully saturated rings. The van der Waals surface area contributed by atoms with Gasteiger partial charge >= 0.3 is 0 Å². The summed E-state index contributed by atoms with van der Waals surface area (Å²) in [6.45, 7) is 2.67. The van der Waals surface area contributed by atoms with Crippen molar-refractivity contribution in [2.45, 2.75) is 31.7 Å². The third kappa shape index (κ3) is 2.20. The minimum absolute atomic E-state index is 0.0388. The molecule has 0 bridgehead atoms. The molecule has 0 saturated carbocycles. The maximum atomic E-state index is 5.61. The minimum atomic E-state index is -0.0388. The quantitative estimate of drug-likeness (QED) is 0.806. The van der Waals surface area contributed by atoms with Crippen molar-refractivity contribution in [3.63, 3.8) is 0 Å². The lowest BCUT2D eigenvalue weighted by Gasteiger charge is -2.30. The zero-order valence-corrected chi connectivity index (χ0v) is 12.0. The molecule has 0 N–H and O–H groups in total. The van der Waals surface area contributed by atoms with Crippen molar-refractivity contribution in [3.8, 4) is 11.1 Å². The van der Waals surface area contributed by atoms with Crippen LogP contribution in [0.5, 0.6) is 0 Å². The van der Waals surface area contributed by atoms with Crippen molar-refractivity contribution >= 4 is 5.90 Å². The van der Waals surface area contributed by atoms with E-state index in [2.05, 4.69) is 28.2 Å². The monoisotopic (exact) mass is 279 g/mol. The molecule has 1 aliphatic carbocycles. The van der Waals surface area contributed by atoms with Crippen LogP contribution in [0.1, 0.15) is 24.5 Å². The Morgan fingerprint density at radius 1 is 1.10 bits per heavy atom. The number of aryl methyl sites for hydroxylation is 1. The van der Waals surface area contributed by atoms with Crippen LogP contribution in [-0.4, -0.2) is 28.0 Å². The molecule has 1 aromatic heterocycles. The molecule has 2 heterocycles. The number of hydrogen-bond donors (Lipinski definition) is 0. The molecule has 0 saturated heterocycles. The molecule has 2 aliphatic rings. The van der Waals surface area contributed by atoms with Gasteiger partial charge in [0.2, 0.25) is 0 Å². The van der Waals surface area contributed by atoms with E-state index in [1.165, 1.54) is 16.7 Å². The van der Waals surface area contributed by atoms with Gasteiger partial charge in [-0.3, -0.25) is 0 Å². The van der Waals surface area contributed by atoms with Crippen molar-refractivity contribution in [3.05, 3.63) is 48.0 Å². The summed E-state index contributed by atoms with van der Waals surface area (Å²) in [6.07, 6.45) is 8.38. The van der Waals surface area contributed by atoms with E-state index in [-0.39, 0.29) is 5.54 Å². The third-order valence-corrected chi connectivity index (χ3v) is 4.42. The van der Waals surface area contributed by atoms with E-state index >= 15 is 0 Å². The Hall–Kier alpha value is -2.23. The van der Waals surface area contributed by atoms with Crippen LogP contribution in [0.3, 0.4) is 0 Å². The molecule has 1 aliphatic heterocycles. The lowest BCUT2D eigenvalue weighted by atomic mass is 9.78. The average molecular weight is 279 g/mol. The van der Waals surface area contributed by atoms with Crippen molar-refractivity contribution in [2.24, 2.45) is 4.99 Å². The van der Waals surface area contributed by atoms with Gasteiger partial charge in [-0.2, -0.15) is 0 Å². The van der Waals surface area contributed by atoms with Crippen LogP contribution >= 0.6 is 0 Å². The highest BCUT2D eigenvalue weighted by Gasteiger charge is 2.38. The van der Waals surface area contributed by atoms with Crippen molar-refractivity contribution in [1.82, 2.24) is 9.97 Å². The molecule has 106 valence electrons. The van der Waals surface area contributed by atoms with Crippen molar-refractivity contribution in [1.29, 1.82) is 0 Å². The first kappa shape index (κ1) is 12.5. The molecule has 4 heteroatoms. The van der Waals surface area contributed by atoms with Gasteiger partial charge in [0.15, 0.2) is 5.90 Å². The lowest BCUT2D eigenvalue weighted by molar-refractivity contribution is 0.236. The second kappa shape index (κ2) is 4.65. The van der Waals surface area contributed by atoms with E-state index in [0.717, 1.165) is 37.3 Å². The molecule has 1 unspecified atom stereocenters. The van der Waals surface area contributed by atoms with E-state index < -0.39 is 0 Å². The number of aliphatic imine (C=N–C) groups is 1. The number of benzene rings is 1. The Labute approximate surface area is 123 Å². The normalized spacial score (nSPS) is 23.6. The maximum Gasteiger partial charge on any atom is 0.180 e. The summed E-state index contributed by atoms with van der Waals surface area (Å²) in [6, 6.07) is 6.66. The van der Waals surface area contributed by atoms with Crippen LogP contribution in [0.15, 0.2) is 41.9 Å². The van der Waals surface area contributed by atoms with Crippen LogP contribution in [0.25, 0.3) is 11.1 Å². The van der Waals surface area contributed by atoms with Gasteiger partial charge in [-0.25, -0.2) is 15.0 Å². The van der Waals surface area contributed by atoms with Gasteiger partial charge in [0, 0.05) is 31.3 Å². The highest BCUT2D eigenvalue weighted by atomic mass is 16.5. The summed E-state index contributed by atoms with van der Waals surface area (Å²) < 4.78 is 5.61. The SMILES string of the molecule is CC1=NC2(CCc3ccc(-c4cncnc4)cc3C2)CO1. The highest BCUT2D eigenvalue weighted by Crippen LogP contribution is 2.36. The van der Waals surface area contributed by atoms with Crippen LogP contribution in [0.4, 0.5) is 0 Å². The first-order valence-electron chi connectivity index (χ1n) is 7.31. The summed E-state index contributed by atoms with van der Waals surface area (Å²) >= 11 is 0. The van der Waals surface area contributed by atoms with Gasteiger partial charge in [0.05, 0.1) is 0 Å². The Morgan fingerprint density at radius 3 is 2.71 bits per heavy atom. The van der Waals surface area contributed by atoms with Gasteiger partial charge in [-0.05, 0) is 29.5 Å². The van der Waals surface area contributed by atoms with Crippen LogP contribution in [0.2, 0.25) is 0 Å². The molecular formula is C17H17N3O. The average Bonchev–Trinajstić information content (AvgIpc) is 2.88. The first-order chi connectivity index (χ1) is 10.2. The van der Waals surface area contributed by atoms with Gasteiger partial charge < -0.3 is 4.74 Å². The van der Waals surface area contributed by atoms with Crippen molar-refractivity contribution < 1.29 is 4.74 Å². The molecule has 1 spiro atoms. The van der Waals surface area contributed by atoms with Crippen LogP contribution < -0.4 is 0 Å². The third-order valence-electron chi connectivity index (χ3n) is 4.42. The number of ether oxygens (including phenoxy) is 1. The topological polar surface area (TPSA) is 47.4 Å². The number of aromatic nitrogens is 2. The molecular weight excluding hydrogens is 262 g/mol. The number of hydrogen-bond acceptors (Lipinski definition) is 4. The Bertz CT molecular complexity index is 711. The fraction of sp³-hybridized carbons (Fsp3) is 0.353. The fourth-order valence-corrected chi connectivity index (χ4v) is 3.33. The fourth-order valence-electron chi connectivity index (χ4n) is 3.33. The summed E-state index contributed by atoms with van der Waals surface area (Å²) in [5, 5.41) is 0. The number of nitrogens with zero attached hydrogens (tertiary/aromatic N) is 3. The van der Waals surface area contributed by atoms with E-state index in [4.69, 9.17) is 9.73 Å². The smallest absolute Gasteiger partial charge is 0.180 e. The number of fused-ring (bicyclic) bond motifs is 1. The Balaban J connectivity index is 1.71. The zero-order valence-electron chi connectivity index (χ0n) is 12.0. The Kier molecular flexibility index (Phi) is 2.77. The van der Waals surface area contributed by atoms with E-state index in [9.17, 15) is 0 Å². The molecule has 4 nitrogen and oxygen atoms in total. The van der Waals surface area contributed by atoms with E-state index in [1.807, 2.05) is 19.3 Å². The summed E-state index contributed by atoms with van der Waals surface area (Å²) in [4.78, 5) is 13.0. The number of rotatable bonds is 1. The summed E-state index contributed by atoms with van der Waals surface area (Å²) in [5.41, 5.74) is 5.00. The Morgan fingerprint density at radius 2 is 1.95 bits per heavy atom. The summed E-state index contributed by atoms with van der Waals surface area (Å²) in [7, 11) is 0. The predicted octanol–water partition coefficient (Wildman–Crippen LogP) is 2.82. The highest BCUT2D eigenvalue weighted by molar-refractivity contribution is 5.75. The van der Waals surface area contributed by atoms with Gasteiger partial charge in [0.1, 0.15) is 18.5 Å². The van der Waals surface area contributed by atoms with Gasteiger partial charge in [-0.15, -0.1) is 0 Å². The van der Waals surface area contributed by atoms with Gasteiger partial charge in [-0.1, -0.05) is 18.2 Å². The molecule has 4 rings (SSSR count). The zero-order chi connectivity index (χ0) is 14.3. The molecule has 0 amide bonds. The molecule has 21 heavy (non-hydrogen) atoms. The van der Waals surface area contributed by atoms with Crippen LogP contribution in [-0.2, 0) is 17.6 Å². The van der Waals surface area contributed by atoms with Gasteiger partial charge in [0.25, 0.3) is 0 Å². The molecule has 0 radical (unpaired) electrons. The maximum absolute atomic E-state index is 5.61. The standard InChI is InChI=1S/C17H17N3O/c1-12-20-17(10-21-12)5-4-13-2-3-14(6-15(13)7-17)16-8-18-11-19-9-16/h2-3,6,8-9,11H,4-5,7,10H2,1H3. The summed E-state index contributed by atoms with van der Waals surface area (Å²) in [5.74, 6) is 0.825. The predicted molar refractivity (Wildman–Crippen MR) is 81.3 cm³/mol. The second-order valence-electron chi connectivity index (χ2n) is 5.93. The molecule has 1 aromatic carbocycles. The van der Waals surface area contributed by atoms with Crippen molar-refractivity contribution in [2.75, 3.05) is 6.61 Å². The minimum Gasteiger partial charge on any atom is -0.479 e. The lowest BCUT2D eigenvalue weighted by Crippen LogP contribution is -2.35. The van der Waals surface area contributed by atoms with E-state index in [0.29, 0.717) is 0 Å². The van der Waals surface area contributed by atoms with Crippen LogP contribution in [0, 0.1) is 0 Å².